The number of ether oxygens (including phenoxy) is 1. The van der Waals surface area contributed by atoms with Gasteiger partial charge in [0.15, 0.2) is 0 Å². The van der Waals surface area contributed by atoms with Crippen LogP contribution in [0.15, 0.2) is 273 Å². The van der Waals surface area contributed by atoms with Gasteiger partial charge in [0.1, 0.15) is 11.5 Å². The highest BCUT2D eigenvalue weighted by atomic mass is 16.5. The van der Waals surface area contributed by atoms with E-state index in [-0.39, 0.29) is 0 Å². The molecule has 0 fully saturated rings. The van der Waals surface area contributed by atoms with Crippen molar-refractivity contribution in [1.29, 1.82) is 0 Å². The fourth-order valence-electron chi connectivity index (χ4n) is 12.5. The number of hydrogen-bond acceptors (Lipinski definition) is 2. The van der Waals surface area contributed by atoms with E-state index in [0.29, 0.717) is 0 Å². The number of benzene rings is 11. The molecule has 14 rings (SSSR count). The van der Waals surface area contributed by atoms with Gasteiger partial charge in [0.05, 0.1) is 16.5 Å². The van der Waals surface area contributed by atoms with E-state index in [1.54, 1.807) is 0 Å². The van der Waals surface area contributed by atoms with Gasteiger partial charge in [0, 0.05) is 28.1 Å². The zero-order chi connectivity index (χ0) is 46.2. The summed E-state index contributed by atoms with van der Waals surface area (Å²) in [5.74, 6) is 1.77. The Kier molecular flexibility index (Phi) is 9.06. The Morgan fingerprint density at radius 1 is 0.271 bits per heavy atom. The highest BCUT2D eigenvalue weighted by Crippen LogP contribution is 2.63. The van der Waals surface area contributed by atoms with E-state index in [1.807, 2.05) is 0 Å². The first-order chi connectivity index (χ1) is 34.7. The molecule has 0 atom stereocenters. The smallest absolute Gasteiger partial charge is 0.132 e. The second-order valence-electron chi connectivity index (χ2n) is 18.6. The lowest BCUT2D eigenvalue weighted by Gasteiger charge is -2.39. The van der Waals surface area contributed by atoms with Crippen LogP contribution in [0.25, 0.3) is 44.5 Å². The fraction of sp³-hybridized carbons (Fsp3) is 0.0294. The largest absolute Gasteiger partial charge is 0.457 e. The second-order valence-corrected chi connectivity index (χ2v) is 18.6. The minimum Gasteiger partial charge on any atom is -0.457 e. The van der Waals surface area contributed by atoms with Crippen molar-refractivity contribution in [3.05, 3.63) is 317 Å². The van der Waals surface area contributed by atoms with Gasteiger partial charge in [-0.3, -0.25) is 0 Å². The van der Waals surface area contributed by atoms with Crippen molar-refractivity contribution in [2.24, 2.45) is 0 Å². The van der Waals surface area contributed by atoms with Crippen molar-refractivity contribution < 1.29 is 4.74 Å². The summed E-state index contributed by atoms with van der Waals surface area (Å²) < 4.78 is 6.85. The number of hydrogen-bond donors (Lipinski definition) is 0. The Balaban J connectivity index is 0.932. The molecule has 2 nitrogen and oxygen atoms in total. The number of anilines is 3. The molecule has 2 aliphatic carbocycles. The first kappa shape index (κ1) is 40.1. The van der Waals surface area contributed by atoms with Crippen LogP contribution in [0.5, 0.6) is 11.5 Å². The molecule has 0 radical (unpaired) electrons. The van der Waals surface area contributed by atoms with Crippen LogP contribution in [0.3, 0.4) is 0 Å². The van der Waals surface area contributed by atoms with Crippen LogP contribution in [0.4, 0.5) is 17.1 Å². The van der Waals surface area contributed by atoms with Crippen LogP contribution < -0.4 is 9.64 Å². The van der Waals surface area contributed by atoms with E-state index in [9.17, 15) is 0 Å². The van der Waals surface area contributed by atoms with Gasteiger partial charge < -0.3 is 9.64 Å². The van der Waals surface area contributed by atoms with Crippen molar-refractivity contribution in [1.82, 2.24) is 0 Å². The molecule has 0 saturated heterocycles. The molecule has 0 unspecified atom stereocenters. The third kappa shape index (κ3) is 5.68. The molecule has 0 aromatic heterocycles. The molecule has 2 heteroatoms. The van der Waals surface area contributed by atoms with Crippen molar-refractivity contribution in [3.63, 3.8) is 0 Å². The minimum atomic E-state index is -0.561. The number of rotatable bonds is 7. The zero-order valence-electron chi connectivity index (χ0n) is 38.3. The van der Waals surface area contributed by atoms with E-state index < -0.39 is 10.8 Å². The molecule has 0 amide bonds. The molecular weight excluding hydrogens is 847 g/mol. The summed E-state index contributed by atoms with van der Waals surface area (Å²) in [6, 6.07) is 100. The molecule has 328 valence electrons. The van der Waals surface area contributed by atoms with Gasteiger partial charge in [-0.2, -0.15) is 0 Å². The minimum absolute atomic E-state index is 0.512. The van der Waals surface area contributed by atoms with Gasteiger partial charge in [-0.05, 0) is 121 Å². The molecule has 70 heavy (non-hydrogen) atoms. The zero-order valence-corrected chi connectivity index (χ0v) is 38.3. The van der Waals surface area contributed by atoms with E-state index in [0.717, 1.165) is 50.8 Å². The SMILES string of the molecule is c1ccc(N(c2ccc(-c3cccc4c3C(c3ccccc3)(c3ccccc3)c3ccccc3-4)cc2)c2ccccc2-c2ccc3c(c2)C2(c4ccccc4O3)c3ccccc3-c3ccccc32)cc1. The van der Waals surface area contributed by atoms with E-state index in [4.69, 9.17) is 4.74 Å². The summed E-state index contributed by atoms with van der Waals surface area (Å²) >= 11 is 0. The summed E-state index contributed by atoms with van der Waals surface area (Å²) in [4.78, 5) is 2.41. The number of nitrogens with zero attached hydrogens (tertiary/aromatic N) is 1. The molecule has 0 N–H and O–H groups in total. The maximum Gasteiger partial charge on any atom is 0.132 e. The summed E-state index contributed by atoms with van der Waals surface area (Å²) in [6.45, 7) is 0. The van der Waals surface area contributed by atoms with E-state index in [2.05, 4.69) is 278 Å². The quantitative estimate of drug-likeness (QED) is 0.158. The third-order valence-electron chi connectivity index (χ3n) is 15.2. The lowest BCUT2D eigenvalue weighted by molar-refractivity contribution is 0.436. The van der Waals surface area contributed by atoms with Crippen molar-refractivity contribution in [2.75, 3.05) is 4.90 Å². The fourth-order valence-corrected chi connectivity index (χ4v) is 12.5. The molecule has 3 aliphatic rings. The Labute approximate surface area is 409 Å². The number of fused-ring (bicyclic) bond motifs is 12. The second kappa shape index (κ2) is 15.8. The maximum absolute atomic E-state index is 6.85. The van der Waals surface area contributed by atoms with Gasteiger partial charge in [-0.15, -0.1) is 0 Å². The highest BCUT2D eigenvalue weighted by molar-refractivity contribution is 5.95. The average Bonchev–Trinajstić information content (AvgIpc) is 3.92. The first-order valence-electron chi connectivity index (χ1n) is 24.3. The van der Waals surface area contributed by atoms with E-state index >= 15 is 0 Å². The van der Waals surface area contributed by atoms with Crippen molar-refractivity contribution in [3.8, 4) is 56.0 Å². The summed E-state index contributed by atoms with van der Waals surface area (Å²) in [5, 5.41) is 0. The summed E-state index contributed by atoms with van der Waals surface area (Å²) in [6.07, 6.45) is 0. The molecule has 11 aromatic rings. The van der Waals surface area contributed by atoms with Gasteiger partial charge >= 0.3 is 0 Å². The Morgan fingerprint density at radius 3 is 1.36 bits per heavy atom. The summed E-state index contributed by atoms with van der Waals surface area (Å²) in [5.41, 5.74) is 21.9. The first-order valence-corrected chi connectivity index (χ1v) is 24.3. The topological polar surface area (TPSA) is 12.5 Å². The predicted octanol–water partition coefficient (Wildman–Crippen LogP) is 17.3. The Bertz CT molecular complexity index is 3720. The molecule has 1 heterocycles. The van der Waals surface area contributed by atoms with Gasteiger partial charge in [0.2, 0.25) is 0 Å². The van der Waals surface area contributed by atoms with Crippen LogP contribution in [0.2, 0.25) is 0 Å². The third-order valence-corrected chi connectivity index (χ3v) is 15.2. The van der Waals surface area contributed by atoms with Crippen molar-refractivity contribution >= 4 is 17.1 Å². The number of para-hydroxylation sites is 3. The van der Waals surface area contributed by atoms with Crippen LogP contribution in [0, 0.1) is 0 Å². The van der Waals surface area contributed by atoms with Gasteiger partial charge in [-0.25, -0.2) is 0 Å². The Hall–Kier alpha value is -8.98. The van der Waals surface area contributed by atoms with Crippen LogP contribution in [-0.2, 0) is 10.8 Å². The standard InChI is InChI=1S/C68H45NO/c1-4-21-48(22-5-1)67(49-23-6-2-7-24-49)58-33-14-12-30-56(58)57-32-20-31-53(66(57)67)46-39-42-51(43-40-46)69(50-25-8-3-9-26-50)63-37-18-13-27-52(63)47-41-44-65-62(45-47)68(61-36-17-19-38-64(61)70-65)59-34-15-10-28-54(59)55-29-11-16-35-60(55)68/h1-45H. The molecule has 1 spiro atoms. The highest BCUT2D eigenvalue weighted by Gasteiger charge is 2.51. The molecule has 11 aromatic carbocycles. The lowest BCUT2D eigenvalue weighted by Crippen LogP contribution is -2.32. The lowest BCUT2D eigenvalue weighted by atomic mass is 9.66. The predicted molar refractivity (Wildman–Crippen MR) is 287 cm³/mol. The van der Waals surface area contributed by atoms with Crippen LogP contribution in [0.1, 0.15) is 44.5 Å². The van der Waals surface area contributed by atoms with Crippen molar-refractivity contribution in [2.45, 2.75) is 10.8 Å². The Morgan fingerprint density at radius 2 is 0.714 bits per heavy atom. The molecule has 1 aliphatic heterocycles. The maximum atomic E-state index is 6.85. The average molecular weight is 892 g/mol. The van der Waals surface area contributed by atoms with Crippen LogP contribution >= 0.6 is 0 Å². The van der Waals surface area contributed by atoms with Crippen LogP contribution in [-0.4, -0.2) is 0 Å². The molecule has 0 saturated carbocycles. The van der Waals surface area contributed by atoms with Gasteiger partial charge in [0.25, 0.3) is 0 Å². The van der Waals surface area contributed by atoms with Gasteiger partial charge in [-0.1, -0.05) is 224 Å². The molecule has 0 bridgehead atoms. The summed E-state index contributed by atoms with van der Waals surface area (Å²) in [7, 11) is 0. The van der Waals surface area contributed by atoms with E-state index in [1.165, 1.54) is 66.8 Å². The molecular formula is C68H45NO. The monoisotopic (exact) mass is 891 g/mol. The normalized spacial score (nSPS) is 13.8.